The van der Waals surface area contributed by atoms with E-state index in [1.807, 2.05) is 16.5 Å². The highest BCUT2D eigenvalue weighted by Gasteiger charge is 2.48. The van der Waals surface area contributed by atoms with Gasteiger partial charge in [-0.2, -0.15) is 0 Å². The Morgan fingerprint density at radius 3 is 2.67 bits per heavy atom. The highest BCUT2D eigenvalue weighted by molar-refractivity contribution is 7.09. The van der Waals surface area contributed by atoms with Crippen LogP contribution in [0.4, 0.5) is 0 Å². The molecule has 0 radical (unpaired) electrons. The van der Waals surface area contributed by atoms with Gasteiger partial charge < -0.3 is 4.90 Å². The molecule has 3 heterocycles. The van der Waals surface area contributed by atoms with Gasteiger partial charge in [0.1, 0.15) is 10.5 Å². The maximum absolute atomic E-state index is 12.8. The van der Waals surface area contributed by atoms with Crippen molar-refractivity contribution >= 4 is 17.2 Å². The first kappa shape index (κ1) is 14.9. The molecule has 2 saturated heterocycles. The third-order valence-electron chi connectivity index (χ3n) is 5.03. The van der Waals surface area contributed by atoms with E-state index >= 15 is 0 Å². The zero-order valence-electron chi connectivity index (χ0n) is 12.9. The number of aromatic nitrogens is 1. The first-order chi connectivity index (χ1) is 10.2. The number of amides is 1. The van der Waals surface area contributed by atoms with Gasteiger partial charge in [-0.15, -0.1) is 11.3 Å². The highest BCUT2D eigenvalue weighted by Crippen LogP contribution is 2.33. The van der Waals surface area contributed by atoms with Gasteiger partial charge in [0, 0.05) is 44.3 Å². The minimum absolute atomic E-state index is 0.256. The number of carbonyl (C=O) groups is 1. The second-order valence-corrected chi connectivity index (χ2v) is 7.02. The van der Waals surface area contributed by atoms with Crippen molar-refractivity contribution < 1.29 is 4.79 Å². The fraction of sp³-hybridized carbons (Fsp3) is 0.733. The van der Waals surface area contributed by atoms with E-state index in [9.17, 15) is 4.79 Å². The van der Waals surface area contributed by atoms with E-state index in [4.69, 9.17) is 0 Å². The number of nitrogens with zero attached hydrogens (tertiary/aromatic N) is 4. The molecule has 5 nitrogen and oxygen atoms in total. The molecule has 1 aromatic heterocycles. The number of carbonyl (C=O) groups excluding carboxylic acids is 1. The first-order valence-corrected chi connectivity index (χ1v) is 8.65. The zero-order valence-corrected chi connectivity index (χ0v) is 13.7. The zero-order chi connectivity index (χ0) is 14.9. The standard InChI is InChI=1S/C15H24N4OS/c1-3-19-10-9-17(2)15(14(19)20)4-7-18(8-5-15)12-13-16-6-11-21-13/h6,11H,3-5,7-10,12H2,1-2H3. The molecule has 2 fully saturated rings. The normalized spacial score (nSPS) is 23.9. The van der Waals surface area contributed by atoms with E-state index in [1.54, 1.807) is 11.3 Å². The number of likely N-dealkylation sites (tertiary alicyclic amines) is 1. The monoisotopic (exact) mass is 308 g/mol. The maximum Gasteiger partial charge on any atom is 0.243 e. The Balaban J connectivity index is 1.66. The molecule has 0 N–H and O–H groups in total. The molecule has 1 spiro atoms. The molecule has 0 bridgehead atoms. The molecule has 2 aliphatic heterocycles. The van der Waals surface area contributed by atoms with Gasteiger partial charge in [-0.25, -0.2) is 4.98 Å². The van der Waals surface area contributed by atoms with E-state index in [2.05, 4.69) is 28.8 Å². The number of hydrogen-bond donors (Lipinski definition) is 0. The van der Waals surface area contributed by atoms with Crippen molar-refractivity contribution in [1.82, 2.24) is 19.7 Å². The Hall–Kier alpha value is -0.980. The van der Waals surface area contributed by atoms with Gasteiger partial charge in [-0.05, 0) is 26.8 Å². The van der Waals surface area contributed by atoms with Gasteiger partial charge in [0.2, 0.25) is 5.91 Å². The number of rotatable bonds is 3. The predicted molar refractivity (Wildman–Crippen MR) is 84.2 cm³/mol. The van der Waals surface area contributed by atoms with Crippen LogP contribution in [0.5, 0.6) is 0 Å². The van der Waals surface area contributed by atoms with Crippen LogP contribution in [0, 0.1) is 0 Å². The molecule has 2 aliphatic rings. The molecular formula is C15H24N4OS. The molecule has 0 atom stereocenters. The number of likely N-dealkylation sites (N-methyl/N-ethyl adjacent to an activating group) is 2. The molecule has 116 valence electrons. The van der Waals surface area contributed by atoms with Crippen LogP contribution in [0.15, 0.2) is 11.6 Å². The SMILES string of the molecule is CCN1CCN(C)C2(CCN(Cc3nccs3)CC2)C1=O. The van der Waals surface area contributed by atoms with Gasteiger partial charge in [-0.3, -0.25) is 14.6 Å². The minimum Gasteiger partial charge on any atom is -0.340 e. The lowest BCUT2D eigenvalue weighted by Gasteiger charge is -2.51. The molecule has 0 aromatic carbocycles. The minimum atomic E-state index is -0.256. The Morgan fingerprint density at radius 1 is 1.29 bits per heavy atom. The summed E-state index contributed by atoms with van der Waals surface area (Å²) in [6, 6.07) is 0. The molecule has 0 aliphatic carbocycles. The maximum atomic E-state index is 12.8. The van der Waals surface area contributed by atoms with Crippen molar-refractivity contribution in [2.75, 3.05) is 39.8 Å². The van der Waals surface area contributed by atoms with Gasteiger partial charge in [0.05, 0.1) is 6.54 Å². The predicted octanol–water partition coefficient (Wildman–Crippen LogP) is 1.27. The van der Waals surface area contributed by atoms with Crippen molar-refractivity contribution in [3.63, 3.8) is 0 Å². The van der Waals surface area contributed by atoms with E-state index < -0.39 is 0 Å². The van der Waals surface area contributed by atoms with Crippen LogP contribution in [0.25, 0.3) is 0 Å². The second kappa shape index (κ2) is 6.02. The molecule has 0 saturated carbocycles. The Morgan fingerprint density at radius 2 is 2.05 bits per heavy atom. The highest BCUT2D eigenvalue weighted by atomic mass is 32.1. The second-order valence-electron chi connectivity index (χ2n) is 6.04. The lowest BCUT2D eigenvalue weighted by atomic mass is 9.83. The summed E-state index contributed by atoms with van der Waals surface area (Å²) in [6.07, 6.45) is 3.73. The van der Waals surface area contributed by atoms with Crippen LogP contribution in [-0.4, -0.2) is 70.9 Å². The molecule has 1 amide bonds. The third kappa shape index (κ3) is 2.72. The molecule has 6 heteroatoms. The Bertz CT molecular complexity index is 482. The number of hydrogen-bond acceptors (Lipinski definition) is 5. The van der Waals surface area contributed by atoms with E-state index in [-0.39, 0.29) is 5.54 Å². The van der Waals surface area contributed by atoms with Crippen LogP contribution in [0.3, 0.4) is 0 Å². The summed E-state index contributed by atoms with van der Waals surface area (Å²) >= 11 is 1.71. The fourth-order valence-corrected chi connectivity index (χ4v) is 4.20. The summed E-state index contributed by atoms with van der Waals surface area (Å²) in [5, 5.41) is 3.20. The topological polar surface area (TPSA) is 39.7 Å². The average molecular weight is 308 g/mol. The number of piperazine rings is 1. The van der Waals surface area contributed by atoms with Crippen molar-refractivity contribution in [2.45, 2.75) is 31.8 Å². The van der Waals surface area contributed by atoms with Crippen molar-refractivity contribution in [2.24, 2.45) is 0 Å². The van der Waals surface area contributed by atoms with Crippen LogP contribution in [-0.2, 0) is 11.3 Å². The largest absolute Gasteiger partial charge is 0.340 e. The molecule has 21 heavy (non-hydrogen) atoms. The van der Waals surface area contributed by atoms with Gasteiger partial charge in [0.25, 0.3) is 0 Å². The molecule has 3 rings (SSSR count). The summed E-state index contributed by atoms with van der Waals surface area (Å²) in [4.78, 5) is 23.9. The Labute approximate surface area is 130 Å². The third-order valence-corrected chi connectivity index (χ3v) is 5.79. The average Bonchev–Trinajstić information content (AvgIpc) is 3.00. The number of piperidine rings is 1. The van der Waals surface area contributed by atoms with Crippen LogP contribution < -0.4 is 0 Å². The van der Waals surface area contributed by atoms with Crippen molar-refractivity contribution in [1.29, 1.82) is 0 Å². The smallest absolute Gasteiger partial charge is 0.243 e. The molecule has 1 aromatic rings. The first-order valence-electron chi connectivity index (χ1n) is 7.77. The molecule has 0 unspecified atom stereocenters. The quantitative estimate of drug-likeness (QED) is 0.843. The summed E-state index contributed by atoms with van der Waals surface area (Å²) in [7, 11) is 2.11. The number of thiazole rings is 1. The van der Waals surface area contributed by atoms with E-state index in [0.717, 1.165) is 52.1 Å². The van der Waals surface area contributed by atoms with Gasteiger partial charge in [-0.1, -0.05) is 0 Å². The van der Waals surface area contributed by atoms with Crippen molar-refractivity contribution in [3.8, 4) is 0 Å². The van der Waals surface area contributed by atoms with Crippen molar-refractivity contribution in [3.05, 3.63) is 16.6 Å². The van der Waals surface area contributed by atoms with Crippen LogP contribution >= 0.6 is 11.3 Å². The van der Waals surface area contributed by atoms with Crippen LogP contribution in [0.1, 0.15) is 24.8 Å². The van der Waals surface area contributed by atoms with Gasteiger partial charge >= 0.3 is 0 Å². The summed E-state index contributed by atoms with van der Waals surface area (Å²) < 4.78 is 0. The Kier molecular flexibility index (Phi) is 4.28. The van der Waals surface area contributed by atoms with Gasteiger partial charge in [0.15, 0.2) is 0 Å². The van der Waals surface area contributed by atoms with Crippen LogP contribution in [0.2, 0.25) is 0 Å². The fourth-order valence-electron chi connectivity index (χ4n) is 3.54. The molecular weight excluding hydrogens is 284 g/mol. The summed E-state index contributed by atoms with van der Waals surface area (Å²) in [5.74, 6) is 0.340. The lowest BCUT2D eigenvalue weighted by Crippen LogP contribution is -2.67. The summed E-state index contributed by atoms with van der Waals surface area (Å²) in [6.45, 7) is 7.65. The van der Waals surface area contributed by atoms with E-state index in [1.165, 1.54) is 5.01 Å². The summed E-state index contributed by atoms with van der Waals surface area (Å²) in [5.41, 5.74) is -0.256. The van der Waals surface area contributed by atoms with E-state index in [0.29, 0.717) is 5.91 Å². The lowest BCUT2D eigenvalue weighted by molar-refractivity contribution is -0.154.